The molecule has 0 aliphatic carbocycles. The number of nitriles is 1. The molecule has 0 saturated carbocycles. The number of carbonyl (C=O) groups is 1. The van der Waals surface area contributed by atoms with Gasteiger partial charge in [-0.2, -0.15) is 5.26 Å². The smallest absolute Gasteiger partial charge is 0.268 e. The molecule has 0 unspecified atom stereocenters. The number of nitrogens with one attached hydrogen (secondary N) is 2. The number of nitrogen functional groups attached to an aromatic ring is 1. The third-order valence-corrected chi connectivity index (χ3v) is 1.84. The molecule has 0 spiro atoms. The summed E-state index contributed by atoms with van der Waals surface area (Å²) in [6.07, 6.45) is 1.32. The van der Waals surface area contributed by atoms with Gasteiger partial charge >= 0.3 is 0 Å². The van der Waals surface area contributed by atoms with Gasteiger partial charge in [0.1, 0.15) is 11.8 Å². The van der Waals surface area contributed by atoms with Crippen LogP contribution in [0.3, 0.4) is 0 Å². The van der Waals surface area contributed by atoms with E-state index in [-0.39, 0.29) is 11.7 Å². The van der Waals surface area contributed by atoms with E-state index in [9.17, 15) is 4.79 Å². The number of nitrogens with zero attached hydrogens (tertiary/aromatic N) is 2. The average molecular weight is 219 g/mol. The summed E-state index contributed by atoms with van der Waals surface area (Å²) < 4.78 is 0. The molecule has 1 amide bonds. The molecule has 0 aromatic carbocycles. The van der Waals surface area contributed by atoms with E-state index in [0.717, 1.165) is 0 Å². The van der Waals surface area contributed by atoms with Crippen LogP contribution in [-0.4, -0.2) is 16.9 Å². The second-order valence-corrected chi connectivity index (χ2v) is 3.50. The van der Waals surface area contributed by atoms with E-state index in [0.29, 0.717) is 11.3 Å². The van der Waals surface area contributed by atoms with Crippen molar-refractivity contribution in [2.75, 3.05) is 5.32 Å². The van der Waals surface area contributed by atoms with Gasteiger partial charge in [0.2, 0.25) is 0 Å². The van der Waals surface area contributed by atoms with Gasteiger partial charge in [-0.15, -0.1) is 0 Å². The Morgan fingerprint density at radius 3 is 2.81 bits per heavy atom. The quantitative estimate of drug-likeness (QED) is 0.387. The van der Waals surface area contributed by atoms with Crippen LogP contribution in [0.4, 0.5) is 5.69 Å². The third kappa shape index (κ3) is 2.68. The second kappa shape index (κ2) is 5.09. The summed E-state index contributed by atoms with van der Waals surface area (Å²) in [7, 11) is 0. The molecule has 0 atom stereocenters. The SMILES string of the molecule is CC(C)Nc1cc(C#N)ncc1C(=O)NN. The summed E-state index contributed by atoms with van der Waals surface area (Å²) in [5.74, 6) is 4.61. The highest BCUT2D eigenvalue weighted by molar-refractivity contribution is 5.99. The zero-order chi connectivity index (χ0) is 12.1. The zero-order valence-corrected chi connectivity index (χ0v) is 9.11. The Morgan fingerprint density at radius 1 is 1.62 bits per heavy atom. The van der Waals surface area contributed by atoms with Gasteiger partial charge in [0.05, 0.1) is 11.3 Å². The molecule has 1 aromatic rings. The molecule has 84 valence electrons. The molecule has 0 saturated heterocycles. The monoisotopic (exact) mass is 219 g/mol. The van der Waals surface area contributed by atoms with Gasteiger partial charge in [0.15, 0.2) is 0 Å². The number of hydrazine groups is 1. The van der Waals surface area contributed by atoms with Crippen molar-refractivity contribution in [2.24, 2.45) is 5.84 Å². The van der Waals surface area contributed by atoms with Gasteiger partial charge in [0, 0.05) is 12.2 Å². The number of nitrogens with two attached hydrogens (primary N) is 1. The van der Waals surface area contributed by atoms with Crippen LogP contribution in [0.25, 0.3) is 0 Å². The van der Waals surface area contributed by atoms with E-state index in [1.807, 2.05) is 25.3 Å². The lowest BCUT2D eigenvalue weighted by Gasteiger charge is -2.13. The summed E-state index contributed by atoms with van der Waals surface area (Å²) in [6, 6.07) is 3.57. The van der Waals surface area contributed by atoms with Crippen molar-refractivity contribution in [1.29, 1.82) is 5.26 Å². The maximum absolute atomic E-state index is 11.4. The minimum Gasteiger partial charge on any atom is -0.382 e. The van der Waals surface area contributed by atoms with Crippen molar-refractivity contribution >= 4 is 11.6 Å². The number of carbonyl (C=O) groups excluding carboxylic acids is 1. The van der Waals surface area contributed by atoms with Gasteiger partial charge in [-0.3, -0.25) is 10.2 Å². The minimum atomic E-state index is -0.444. The number of aromatic nitrogens is 1. The highest BCUT2D eigenvalue weighted by Crippen LogP contribution is 2.16. The lowest BCUT2D eigenvalue weighted by Crippen LogP contribution is -2.31. The van der Waals surface area contributed by atoms with E-state index in [1.165, 1.54) is 12.3 Å². The predicted molar refractivity (Wildman–Crippen MR) is 59.4 cm³/mol. The van der Waals surface area contributed by atoms with Crippen molar-refractivity contribution in [2.45, 2.75) is 19.9 Å². The average Bonchev–Trinajstić information content (AvgIpc) is 2.27. The Labute approximate surface area is 93.4 Å². The van der Waals surface area contributed by atoms with Crippen LogP contribution in [-0.2, 0) is 0 Å². The van der Waals surface area contributed by atoms with Crippen LogP contribution in [0.5, 0.6) is 0 Å². The van der Waals surface area contributed by atoms with Crippen molar-refractivity contribution in [3.05, 3.63) is 23.5 Å². The first-order valence-corrected chi connectivity index (χ1v) is 4.76. The largest absolute Gasteiger partial charge is 0.382 e. The molecule has 0 bridgehead atoms. The Morgan fingerprint density at radius 2 is 2.31 bits per heavy atom. The Hall–Kier alpha value is -2.13. The molecule has 0 aliphatic rings. The van der Waals surface area contributed by atoms with Crippen molar-refractivity contribution in [3.8, 4) is 6.07 Å². The van der Waals surface area contributed by atoms with E-state index in [1.54, 1.807) is 0 Å². The van der Waals surface area contributed by atoms with Gasteiger partial charge < -0.3 is 5.32 Å². The van der Waals surface area contributed by atoms with Crippen LogP contribution in [0.2, 0.25) is 0 Å². The van der Waals surface area contributed by atoms with E-state index in [4.69, 9.17) is 11.1 Å². The fourth-order valence-electron chi connectivity index (χ4n) is 1.21. The number of amides is 1. The van der Waals surface area contributed by atoms with E-state index >= 15 is 0 Å². The Kier molecular flexibility index (Phi) is 3.80. The van der Waals surface area contributed by atoms with Crippen LogP contribution in [0, 0.1) is 11.3 Å². The zero-order valence-electron chi connectivity index (χ0n) is 9.11. The molecule has 6 nitrogen and oxygen atoms in total. The number of pyridine rings is 1. The topological polar surface area (TPSA) is 104 Å². The lowest BCUT2D eigenvalue weighted by molar-refractivity contribution is 0.0954. The fourth-order valence-corrected chi connectivity index (χ4v) is 1.21. The standard InChI is InChI=1S/C10H13N5O/c1-6(2)14-9-3-7(4-11)13-5-8(9)10(16)15-12/h3,5-6H,12H2,1-2H3,(H,13,14)(H,15,16). The highest BCUT2D eigenvalue weighted by atomic mass is 16.2. The van der Waals surface area contributed by atoms with E-state index in [2.05, 4.69) is 10.3 Å². The summed E-state index contributed by atoms with van der Waals surface area (Å²) in [5, 5.41) is 11.8. The lowest BCUT2D eigenvalue weighted by atomic mass is 10.2. The molecule has 0 radical (unpaired) electrons. The molecule has 1 rings (SSSR count). The summed E-state index contributed by atoms with van der Waals surface area (Å²) in [6.45, 7) is 3.85. The normalized spacial score (nSPS) is 9.69. The van der Waals surface area contributed by atoms with Crippen molar-refractivity contribution in [1.82, 2.24) is 10.4 Å². The highest BCUT2D eigenvalue weighted by Gasteiger charge is 2.12. The molecule has 1 aromatic heterocycles. The van der Waals surface area contributed by atoms with Gasteiger partial charge in [-0.1, -0.05) is 0 Å². The van der Waals surface area contributed by atoms with Crippen LogP contribution in [0.1, 0.15) is 29.9 Å². The third-order valence-electron chi connectivity index (χ3n) is 1.84. The molecular weight excluding hydrogens is 206 g/mol. The molecule has 6 heteroatoms. The van der Waals surface area contributed by atoms with Crippen LogP contribution < -0.4 is 16.6 Å². The first kappa shape index (κ1) is 11.9. The van der Waals surface area contributed by atoms with Gasteiger partial charge in [-0.25, -0.2) is 10.8 Å². The van der Waals surface area contributed by atoms with Crippen molar-refractivity contribution < 1.29 is 4.79 Å². The second-order valence-electron chi connectivity index (χ2n) is 3.50. The van der Waals surface area contributed by atoms with Crippen LogP contribution in [0.15, 0.2) is 12.3 Å². The number of rotatable bonds is 3. The fraction of sp³-hybridized carbons (Fsp3) is 0.300. The summed E-state index contributed by atoms with van der Waals surface area (Å²) in [5.41, 5.74) is 3.14. The molecule has 4 N–H and O–H groups in total. The molecule has 0 fully saturated rings. The number of hydrogen-bond donors (Lipinski definition) is 3. The molecular formula is C10H13N5O. The molecule has 1 heterocycles. The van der Waals surface area contributed by atoms with Gasteiger partial charge in [-0.05, 0) is 19.9 Å². The Balaban J connectivity index is 3.17. The Bertz CT molecular complexity index is 435. The molecule has 16 heavy (non-hydrogen) atoms. The first-order valence-electron chi connectivity index (χ1n) is 4.76. The van der Waals surface area contributed by atoms with E-state index < -0.39 is 5.91 Å². The van der Waals surface area contributed by atoms with Gasteiger partial charge in [0.25, 0.3) is 5.91 Å². The summed E-state index contributed by atoms with van der Waals surface area (Å²) >= 11 is 0. The first-order chi connectivity index (χ1) is 7.58. The number of hydrogen-bond acceptors (Lipinski definition) is 5. The summed E-state index contributed by atoms with van der Waals surface area (Å²) in [4.78, 5) is 15.2. The molecule has 0 aliphatic heterocycles. The minimum absolute atomic E-state index is 0.137. The van der Waals surface area contributed by atoms with Crippen molar-refractivity contribution in [3.63, 3.8) is 0 Å². The number of anilines is 1. The maximum Gasteiger partial charge on any atom is 0.268 e. The van der Waals surface area contributed by atoms with Crippen LogP contribution >= 0.6 is 0 Å². The maximum atomic E-state index is 11.4. The predicted octanol–water partition coefficient (Wildman–Crippen LogP) is 0.377.